The van der Waals surface area contributed by atoms with Gasteiger partial charge in [0.25, 0.3) is 5.91 Å². The van der Waals surface area contributed by atoms with Crippen molar-refractivity contribution in [3.05, 3.63) is 35.2 Å². The third-order valence-corrected chi connectivity index (χ3v) is 4.65. The quantitative estimate of drug-likeness (QED) is 0.934. The number of nitrogens with one attached hydrogen (secondary N) is 1. The van der Waals surface area contributed by atoms with E-state index in [-0.39, 0.29) is 18.1 Å². The van der Waals surface area contributed by atoms with Crippen molar-refractivity contribution in [2.24, 2.45) is 0 Å². The fourth-order valence-corrected chi connectivity index (χ4v) is 3.43. The number of fused-ring (bicyclic) bond motifs is 1. The van der Waals surface area contributed by atoms with Crippen molar-refractivity contribution >= 4 is 27.3 Å². The molecule has 0 saturated carbocycles. The summed E-state index contributed by atoms with van der Waals surface area (Å²) in [6.07, 6.45) is 2.29. The van der Waals surface area contributed by atoms with Crippen LogP contribution in [-0.4, -0.2) is 24.7 Å². The van der Waals surface area contributed by atoms with Gasteiger partial charge in [-0.3, -0.25) is 4.79 Å². The van der Waals surface area contributed by atoms with Gasteiger partial charge in [0.05, 0.1) is 17.0 Å². The molecule has 0 bridgehead atoms. The van der Waals surface area contributed by atoms with Crippen LogP contribution in [0.3, 0.4) is 0 Å². The van der Waals surface area contributed by atoms with Gasteiger partial charge in [0.15, 0.2) is 0 Å². The highest BCUT2D eigenvalue weighted by Gasteiger charge is 2.24. The molecule has 0 radical (unpaired) electrons. The lowest BCUT2D eigenvalue weighted by molar-refractivity contribution is 0.0714. The summed E-state index contributed by atoms with van der Waals surface area (Å²) in [6, 6.07) is 10.1. The molecule has 100 valence electrons. The minimum absolute atomic E-state index is 0.00389. The van der Waals surface area contributed by atoms with Crippen LogP contribution in [0.4, 0.5) is 0 Å². The molecule has 1 aromatic heterocycles. The highest BCUT2D eigenvalue weighted by atomic mass is 32.1. The van der Waals surface area contributed by atoms with E-state index in [0.29, 0.717) is 0 Å². The number of thiophene rings is 1. The predicted octanol–water partition coefficient (Wildman–Crippen LogP) is 3.20. The summed E-state index contributed by atoms with van der Waals surface area (Å²) < 4.78 is 6.75. The zero-order valence-electron chi connectivity index (χ0n) is 10.9. The molecule has 1 aromatic carbocycles. The Morgan fingerprint density at radius 3 is 3.05 bits per heavy atom. The second-order valence-electron chi connectivity index (χ2n) is 4.96. The highest BCUT2D eigenvalue weighted by Crippen LogP contribution is 2.25. The standard InChI is InChI=1S/C15H17NO2S/c1-10(12-6-4-8-18-12)16-15(17)14-9-11-5-2-3-7-13(11)19-14/h2-3,5,7,9-10,12H,4,6,8H2,1H3,(H,16,17). The topological polar surface area (TPSA) is 38.3 Å². The number of hydrogen-bond acceptors (Lipinski definition) is 3. The lowest BCUT2D eigenvalue weighted by atomic mass is 10.1. The Kier molecular flexibility index (Phi) is 3.53. The fourth-order valence-electron chi connectivity index (χ4n) is 2.46. The second-order valence-corrected chi connectivity index (χ2v) is 6.05. The molecule has 0 spiro atoms. The van der Waals surface area contributed by atoms with Crippen LogP contribution in [-0.2, 0) is 4.74 Å². The van der Waals surface area contributed by atoms with Crippen molar-refractivity contribution in [1.29, 1.82) is 0 Å². The Morgan fingerprint density at radius 2 is 2.32 bits per heavy atom. The van der Waals surface area contributed by atoms with Crippen molar-refractivity contribution in [3.63, 3.8) is 0 Å². The van der Waals surface area contributed by atoms with Crippen LogP contribution in [0, 0.1) is 0 Å². The molecular weight excluding hydrogens is 258 g/mol. The van der Waals surface area contributed by atoms with Crippen molar-refractivity contribution in [1.82, 2.24) is 5.32 Å². The SMILES string of the molecule is CC(NC(=O)c1cc2ccccc2s1)C1CCCO1. The van der Waals surface area contributed by atoms with Crippen LogP contribution in [0.15, 0.2) is 30.3 Å². The summed E-state index contributed by atoms with van der Waals surface area (Å²) >= 11 is 1.54. The molecule has 2 unspecified atom stereocenters. The van der Waals surface area contributed by atoms with E-state index < -0.39 is 0 Å². The first-order valence-electron chi connectivity index (χ1n) is 6.65. The van der Waals surface area contributed by atoms with Gasteiger partial charge in [-0.15, -0.1) is 11.3 Å². The molecule has 2 aromatic rings. The van der Waals surface area contributed by atoms with E-state index in [4.69, 9.17) is 4.74 Å². The third-order valence-electron chi connectivity index (χ3n) is 3.53. The number of ether oxygens (including phenoxy) is 1. The Balaban J connectivity index is 1.72. The van der Waals surface area contributed by atoms with Crippen molar-refractivity contribution < 1.29 is 9.53 Å². The largest absolute Gasteiger partial charge is 0.376 e. The normalized spacial score (nSPS) is 20.6. The molecule has 3 nitrogen and oxygen atoms in total. The second kappa shape index (κ2) is 5.31. The molecule has 1 aliphatic rings. The number of amides is 1. The fraction of sp³-hybridized carbons (Fsp3) is 0.400. The van der Waals surface area contributed by atoms with Crippen LogP contribution < -0.4 is 5.32 Å². The van der Waals surface area contributed by atoms with E-state index in [0.717, 1.165) is 34.4 Å². The summed E-state index contributed by atoms with van der Waals surface area (Å²) in [6.45, 7) is 2.83. The lowest BCUT2D eigenvalue weighted by Gasteiger charge is -2.19. The molecule has 2 heterocycles. The molecule has 0 aliphatic carbocycles. The van der Waals surface area contributed by atoms with E-state index in [2.05, 4.69) is 5.32 Å². The van der Waals surface area contributed by atoms with Gasteiger partial charge in [-0.25, -0.2) is 0 Å². The maximum Gasteiger partial charge on any atom is 0.261 e. The van der Waals surface area contributed by atoms with Gasteiger partial charge in [-0.2, -0.15) is 0 Å². The predicted molar refractivity (Wildman–Crippen MR) is 77.7 cm³/mol. The average molecular weight is 275 g/mol. The van der Waals surface area contributed by atoms with Gasteiger partial charge in [0.2, 0.25) is 0 Å². The van der Waals surface area contributed by atoms with Gasteiger partial charge in [-0.05, 0) is 37.3 Å². The zero-order chi connectivity index (χ0) is 13.2. The van der Waals surface area contributed by atoms with E-state index in [1.165, 1.54) is 11.3 Å². The number of carbonyl (C=O) groups excluding carboxylic acids is 1. The molecular formula is C15H17NO2S. The van der Waals surface area contributed by atoms with Crippen LogP contribution >= 0.6 is 11.3 Å². The molecule has 1 saturated heterocycles. The lowest BCUT2D eigenvalue weighted by Crippen LogP contribution is -2.40. The molecule has 2 atom stereocenters. The third kappa shape index (κ3) is 2.65. The summed E-state index contributed by atoms with van der Waals surface area (Å²) in [5, 5.41) is 4.17. The van der Waals surface area contributed by atoms with Crippen LogP contribution in [0.1, 0.15) is 29.4 Å². The van der Waals surface area contributed by atoms with Crippen molar-refractivity contribution in [2.75, 3.05) is 6.61 Å². The van der Waals surface area contributed by atoms with E-state index in [1.54, 1.807) is 0 Å². The van der Waals surface area contributed by atoms with Crippen LogP contribution in [0.2, 0.25) is 0 Å². The van der Waals surface area contributed by atoms with Gasteiger partial charge < -0.3 is 10.1 Å². The first kappa shape index (κ1) is 12.6. The molecule has 1 fully saturated rings. The average Bonchev–Trinajstić information content (AvgIpc) is 3.07. The Labute approximate surface area is 116 Å². The molecule has 1 amide bonds. The summed E-state index contributed by atoms with van der Waals surface area (Å²) in [4.78, 5) is 13.0. The van der Waals surface area contributed by atoms with Crippen molar-refractivity contribution in [2.45, 2.75) is 31.9 Å². The Morgan fingerprint density at radius 1 is 1.47 bits per heavy atom. The van der Waals surface area contributed by atoms with Crippen LogP contribution in [0.25, 0.3) is 10.1 Å². The number of hydrogen-bond donors (Lipinski definition) is 1. The Hall–Kier alpha value is -1.39. The minimum atomic E-state index is 0.00389. The molecule has 4 heteroatoms. The van der Waals surface area contributed by atoms with E-state index in [1.807, 2.05) is 37.3 Å². The number of carbonyl (C=O) groups is 1. The van der Waals surface area contributed by atoms with Gasteiger partial charge in [-0.1, -0.05) is 18.2 Å². The molecule has 1 aliphatic heterocycles. The first-order chi connectivity index (χ1) is 9.24. The van der Waals surface area contributed by atoms with Gasteiger partial charge in [0.1, 0.15) is 0 Å². The smallest absolute Gasteiger partial charge is 0.261 e. The van der Waals surface area contributed by atoms with E-state index in [9.17, 15) is 4.79 Å². The van der Waals surface area contributed by atoms with Crippen LogP contribution in [0.5, 0.6) is 0 Å². The number of benzene rings is 1. The highest BCUT2D eigenvalue weighted by molar-refractivity contribution is 7.20. The molecule has 1 N–H and O–H groups in total. The van der Waals surface area contributed by atoms with E-state index >= 15 is 0 Å². The van der Waals surface area contributed by atoms with Crippen molar-refractivity contribution in [3.8, 4) is 0 Å². The summed E-state index contributed by atoms with van der Waals surface area (Å²) in [5.74, 6) is 0.00389. The first-order valence-corrected chi connectivity index (χ1v) is 7.47. The minimum Gasteiger partial charge on any atom is -0.376 e. The zero-order valence-corrected chi connectivity index (χ0v) is 11.7. The number of rotatable bonds is 3. The summed E-state index contributed by atoms with van der Waals surface area (Å²) in [7, 11) is 0. The monoisotopic (exact) mass is 275 g/mol. The summed E-state index contributed by atoms with van der Waals surface area (Å²) in [5.41, 5.74) is 0. The van der Waals surface area contributed by atoms with Gasteiger partial charge in [0, 0.05) is 11.3 Å². The molecule has 19 heavy (non-hydrogen) atoms. The molecule has 3 rings (SSSR count). The Bertz CT molecular complexity index is 554. The maximum atomic E-state index is 12.2. The van der Waals surface area contributed by atoms with Gasteiger partial charge >= 0.3 is 0 Å². The maximum absolute atomic E-state index is 12.2.